The fourth-order valence-corrected chi connectivity index (χ4v) is 5.78. The van der Waals surface area contributed by atoms with Crippen molar-refractivity contribution in [3.8, 4) is 0 Å². The summed E-state index contributed by atoms with van der Waals surface area (Å²) in [6.07, 6.45) is 3.10. The van der Waals surface area contributed by atoms with E-state index in [1.165, 1.54) is 22.2 Å². The summed E-state index contributed by atoms with van der Waals surface area (Å²) in [7, 11) is 3.58. The fraction of sp³-hybridized carbons (Fsp3) is 0.474. The monoisotopic (exact) mass is 417 g/mol. The van der Waals surface area contributed by atoms with Gasteiger partial charge in [-0.1, -0.05) is 11.8 Å². The van der Waals surface area contributed by atoms with E-state index in [1.807, 2.05) is 27.8 Å². The highest BCUT2D eigenvalue weighted by atomic mass is 32.2. The van der Waals surface area contributed by atoms with E-state index in [0.717, 1.165) is 46.6 Å². The summed E-state index contributed by atoms with van der Waals surface area (Å²) in [6.45, 7) is 5.62. The van der Waals surface area contributed by atoms with Crippen LogP contribution in [0.4, 0.5) is 5.69 Å². The van der Waals surface area contributed by atoms with Crippen molar-refractivity contribution in [3.63, 3.8) is 0 Å². The van der Waals surface area contributed by atoms with Gasteiger partial charge in [-0.3, -0.25) is 18.8 Å². The van der Waals surface area contributed by atoms with Gasteiger partial charge < -0.3 is 5.32 Å². The minimum Gasteiger partial charge on any atom is -0.322 e. The Kier molecular flexibility index (Phi) is 4.83. The molecule has 0 spiro atoms. The molecule has 3 heterocycles. The third-order valence-electron chi connectivity index (χ3n) is 5.31. The number of anilines is 1. The summed E-state index contributed by atoms with van der Waals surface area (Å²) < 4.78 is 3.32. The van der Waals surface area contributed by atoms with E-state index >= 15 is 0 Å². The Morgan fingerprint density at radius 2 is 2.04 bits per heavy atom. The number of carbonyl (C=O) groups excluding carboxylic acids is 1. The first-order chi connectivity index (χ1) is 13.3. The number of thiophene rings is 1. The number of fused-ring (bicyclic) bond motifs is 3. The Morgan fingerprint density at radius 1 is 1.29 bits per heavy atom. The zero-order valence-corrected chi connectivity index (χ0v) is 18.3. The van der Waals surface area contributed by atoms with E-state index in [2.05, 4.69) is 10.4 Å². The Balaban J connectivity index is 1.60. The summed E-state index contributed by atoms with van der Waals surface area (Å²) in [4.78, 5) is 32.4. The third kappa shape index (κ3) is 3.06. The van der Waals surface area contributed by atoms with Gasteiger partial charge in [-0.2, -0.15) is 5.10 Å². The van der Waals surface area contributed by atoms with Crippen LogP contribution >= 0.6 is 23.1 Å². The van der Waals surface area contributed by atoms with Gasteiger partial charge in [0, 0.05) is 19.0 Å². The van der Waals surface area contributed by atoms with E-state index in [-0.39, 0.29) is 11.5 Å². The first kappa shape index (κ1) is 19.2. The molecule has 1 aliphatic rings. The number of carbonyl (C=O) groups is 1. The van der Waals surface area contributed by atoms with Gasteiger partial charge in [0.2, 0.25) is 5.91 Å². The van der Waals surface area contributed by atoms with Crippen LogP contribution in [0.3, 0.4) is 0 Å². The average molecular weight is 418 g/mol. The van der Waals surface area contributed by atoms with Gasteiger partial charge in [0.05, 0.1) is 27.7 Å². The molecule has 7 nitrogen and oxygen atoms in total. The predicted molar refractivity (Wildman–Crippen MR) is 114 cm³/mol. The number of hydrogen-bond donors (Lipinski definition) is 1. The molecule has 148 valence electrons. The Labute approximate surface area is 171 Å². The Morgan fingerprint density at radius 3 is 2.71 bits per heavy atom. The molecular weight excluding hydrogens is 394 g/mol. The van der Waals surface area contributed by atoms with Crippen LogP contribution in [0.5, 0.6) is 0 Å². The molecule has 3 aromatic heterocycles. The van der Waals surface area contributed by atoms with Gasteiger partial charge in [-0.15, -0.1) is 11.3 Å². The van der Waals surface area contributed by atoms with Crippen LogP contribution in [-0.2, 0) is 31.7 Å². The zero-order chi connectivity index (χ0) is 20.2. The molecule has 0 aliphatic heterocycles. The number of thioether (sulfide) groups is 1. The molecule has 0 bridgehead atoms. The van der Waals surface area contributed by atoms with Gasteiger partial charge in [0.15, 0.2) is 5.16 Å². The first-order valence-electron chi connectivity index (χ1n) is 9.27. The second kappa shape index (κ2) is 7.04. The summed E-state index contributed by atoms with van der Waals surface area (Å²) in [6, 6.07) is 0. The molecule has 1 atom stereocenters. The maximum atomic E-state index is 12.9. The van der Waals surface area contributed by atoms with E-state index < -0.39 is 5.25 Å². The molecule has 0 radical (unpaired) electrons. The number of nitrogens with one attached hydrogen (secondary N) is 1. The van der Waals surface area contributed by atoms with Gasteiger partial charge in [-0.25, -0.2) is 4.98 Å². The topological polar surface area (TPSA) is 81.8 Å². The SMILES string of the molecule is Cc1nn(C)c(C)c1NC(=O)[C@H](C)Sc1nc2sc3c(c2c(=O)n1C)CCC3. The van der Waals surface area contributed by atoms with E-state index in [0.29, 0.717) is 5.16 Å². The van der Waals surface area contributed by atoms with Crippen molar-refractivity contribution in [3.05, 3.63) is 32.2 Å². The van der Waals surface area contributed by atoms with Crippen LogP contribution in [0.15, 0.2) is 9.95 Å². The molecule has 1 N–H and O–H groups in total. The van der Waals surface area contributed by atoms with Crippen LogP contribution in [0, 0.1) is 13.8 Å². The molecular formula is C19H23N5O2S2. The van der Waals surface area contributed by atoms with Crippen molar-refractivity contribution in [2.24, 2.45) is 14.1 Å². The summed E-state index contributed by atoms with van der Waals surface area (Å²) >= 11 is 2.92. The Hall–Kier alpha value is -2.13. The molecule has 0 saturated heterocycles. The normalized spacial score (nSPS) is 14.5. The number of amides is 1. The molecule has 4 rings (SSSR count). The van der Waals surface area contributed by atoms with Crippen molar-refractivity contribution >= 4 is 44.9 Å². The molecule has 0 aromatic carbocycles. The molecule has 3 aromatic rings. The lowest BCUT2D eigenvalue weighted by Crippen LogP contribution is -2.26. The van der Waals surface area contributed by atoms with Crippen LogP contribution in [0.2, 0.25) is 0 Å². The summed E-state index contributed by atoms with van der Waals surface area (Å²) in [5.74, 6) is -0.132. The maximum Gasteiger partial charge on any atom is 0.262 e. The van der Waals surface area contributed by atoms with Gasteiger partial charge in [0.25, 0.3) is 5.56 Å². The standard InChI is InChI=1S/C19H23N5O2S2/c1-9-15(10(2)24(5)22-9)20-16(25)11(3)27-19-21-17-14(18(26)23(19)4)12-7-6-8-13(12)28-17/h11H,6-8H2,1-5H3,(H,20,25)/t11-/m0/s1. The minimum atomic E-state index is -0.402. The zero-order valence-electron chi connectivity index (χ0n) is 16.6. The largest absolute Gasteiger partial charge is 0.322 e. The number of rotatable bonds is 4. The number of aromatic nitrogens is 4. The lowest BCUT2D eigenvalue weighted by molar-refractivity contribution is -0.115. The molecule has 0 fully saturated rings. The van der Waals surface area contributed by atoms with Crippen molar-refractivity contribution < 1.29 is 4.79 Å². The highest BCUT2D eigenvalue weighted by Crippen LogP contribution is 2.36. The van der Waals surface area contributed by atoms with E-state index in [4.69, 9.17) is 4.98 Å². The number of nitrogens with zero attached hydrogens (tertiary/aromatic N) is 4. The lowest BCUT2D eigenvalue weighted by Gasteiger charge is -2.14. The molecule has 9 heteroatoms. The second-order valence-corrected chi connectivity index (χ2v) is 9.61. The quantitative estimate of drug-likeness (QED) is 0.521. The van der Waals surface area contributed by atoms with E-state index in [1.54, 1.807) is 27.6 Å². The smallest absolute Gasteiger partial charge is 0.262 e. The van der Waals surface area contributed by atoms with Crippen molar-refractivity contribution in [1.29, 1.82) is 0 Å². The molecule has 1 aliphatic carbocycles. The fourth-order valence-electron chi connectivity index (χ4n) is 3.60. The molecule has 0 unspecified atom stereocenters. The maximum absolute atomic E-state index is 12.9. The highest BCUT2D eigenvalue weighted by Gasteiger charge is 2.25. The van der Waals surface area contributed by atoms with Crippen LogP contribution < -0.4 is 10.9 Å². The van der Waals surface area contributed by atoms with Gasteiger partial charge in [-0.05, 0) is 45.6 Å². The predicted octanol–water partition coefficient (Wildman–Crippen LogP) is 2.95. The second-order valence-electron chi connectivity index (χ2n) is 7.21. The summed E-state index contributed by atoms with van der Waals surface area (Å²) in [5.41, 5.74) is 3.59. The average Bonchev–Trinajstić information content (AvgIpc) is 3.29. The van der Waals surface area contributed by atoms with Crippen LogP contribution in [-0.4, -0.2) is 30.5 Å². The van der Waals surface area contributed by atoms with Crippen LogP contribution in [0.1, 0.15) is 35.2 Å². The van der Waals surface area contributed by atoms with E-state index in [9.17, 15) is 9.59 Å². The lowest BCUT2D eigenvalue weighted by atomic mass is 10.2. The third-order valence-corrected chi connectivity index (χ3v) is 7.64. The number of hydrogen-bond acceptors (Lipinski definition) is 6. The molecule has 0 saturated carbocycles. The van der Waals surface area contributed by atoms with Gasteiger partial charge >= 0.3 is 0 Å². The van der Waals surface area contributed by atoms with Crippen molar-refractivity contribution in [2.75, 3.05) is 5.32 Å². The first-order valence-corrected chi connectivity index (χ1v) is 11.0. The molecule has 1 amide bonds. The van der Waals surface area contributed by atoms with Gasteiger partial charge in [0.1, 0.15) is 4.83 Å². The Bertz CT molecular complexity index is 1160. The molecule has 28 heavy (non-hydrogen) atoms. The summed E-state index contributed by atoms with van der Waals surface area (Å²) in [5, 5.41) is 8.23. The minimum absolute atomic E-state index is 0.0153. The van der Waals surface area contributed by atoms with Crippen LogP contribution in [0.25, 0.3) is 10.2 Å². The highest BCUT2D eigenvalue weighted by molar-refractivity contribution is 8.00. The van der Waals surface area contributed by atoms with Crippen molar-refractivity contribution in [1.82, 2.24) is 19.3 Å². The number of aryl methyl sites for hydroxylation is 4. The van der Waals surface area contributed by atoms with Crippen molar-refractivity contribution in [2.45, 2.75) is 50.4 Å².